The fourth-order valence-corrected chi connectivity index (χ4v) is 2.85. The molecule has 7 heteroatoms. The van der Waals surface area contributed by atoms with E-state index in [1.54, 1.807) is 6.20 Å². The van der Waals surface area contributed by atoms with Crippen LogP contribution in [0.5, 0.6) is 0 Å². The molecule has 1 aromatic carbocycles. The summed E-state index contributed by atoms with van der Waals surface area (Å²) in [5.41, 5.74) is 2.07. The van der Waals surface area contributed by atoms with Gasteiger partial charge in [0.15, 0.2) is 10.3 Å². The number of nitrogens with one attached hydrogen (secondary N) is 1. The summed E-state index contributed by atoms with van der Waals surface area (Å²) in [7, 11) is 0. The van der Waals surface area contributed by atoms with Crippen LogP contribution in [0.2, 0.25) is 5.15 Å². The molecule has 21 heavy (non-hydrogen) atoms. The minimum absolute atomic E-state index is 0.241. The van der Waals surface area contributed by atoms with E-state index in [1.807, 2.05) is 47.3 Å². The van der Waals surface area contributed by atoms with Gasteiger partial charge in [-0.3, -0.25) is 0 Å². The van der Waals surface area contributed by atoms with E-state index >= 15 is 0 Å². The number of benzene rings is 1. The first-order valence-corrected chi connectivity index (χ1v) is 7.35. The Kier molecular flexibility index (Phi) is 3.86. The Morgan fingerprint density at radius 1 is 1.33 bits per heavy atom. The zero-order chi connectivity index (χ0) is 14.7. The number of nitriles is 1. The number of halogens is 1. The Morgan fingerprint density at radius 3 is 2.90 bits per heavy atom. The third-order valence-corrected chi connectivity index (χ3v) is 4.16. The van der Waals surface area contributed by atoms with E-state index in [1.165, 1.54) is 11.3 Å². The second-order valence-electron chi connectivity index (χ2n) is 4.18. The molecule has 104 valence electrons. The fourth-order valence-electron chi connectivity index (χ4n) is 1.91. The van der Waals surface area contributed by atoms with Gasteiger partial charge in [0.1, 0.15) is 10.9 Å². The van der Waals surface area contributed by atoms with Gasteiger partial charge in [-0.15, -0.1) is 0 Å². The molecular formula is C14H10ClN5S. The van der Waals surface area contributed by atoms with Crippen LogP contribution < -0.4 is 5.32 Å². The molecule has 3 rings (SSSR count). The molecule has 0 bridgehead atoms. The number of aromatic nitrogens is 3. The predicted molar refractivity (Wildman–Crippen MR) is 82.7 cm³/mol. The number of para-hydroxylation sites is 1. The fraction of sp³-hybridized carbons (Fsp3) is 0.0714. The molecule has 0 saturated carbocycles. The minimum atomic E-state index is 0.241. The van der Waals surface area contributed by atoms with Crippen molar-refractivity contribution >= 4 is 28.1 Å². The van der Waals surface area contributed by atoms with Gasteiger partial charge in [-0.25, -0.2) is 9.67 Å². The molecule has 0 aliphatic heterocycles. The molecule has 0 fully saturated rings. The molecule has 2 aromatic heterocycles. The van der Waals surface area contributed by atoms with Crippen LogP contribution >= 0.6 is 22.9 Å². The molecule has 3 aromatic rings. The predicted octanol–water partition coefficient (Wildman–Crippen LogP) is 3.47. The topological polar surface area (TPSA) is 66.5 Å². The van der Waals surface area contributed by atoms with Crippen molar-refractivity contribution in [1.82, 2.24) is 14.8 Å². The number of hydrogen-bond donors (Lipinski definition) is 1. The molecule has 0 spiro atoms. The summed E-state index contributed by atoms with van der Waals surface area (Å²) in [6, 6.07) is 11.9. The van der Waals surface area contributed by atoms with E-state index in [0.717, 1.165) is 11.3 Å². The summed E-state index contributed by atoms with van der Waals surface area (Å²) in [6.45, 7) is 0.574. The van der Waals surface area contributed by atoms with Gasteiger partial charge in [0.2, 0.25) is 0 Å². The summed E-state index contributed by atoms with van der Waals surface area (Å²) in [5, 5.41) is 17.2. The zero-order valence-electron chi connectivity index (χ0n) is 10.8. The van der Waals surface area contributed by atoms with Crippen molar-refractivity contribution in [1.29, 1.82) is 5.26 Å². The second-order valence-corrected chi connectivity index (χ2v) is 5.54. The molecule has 5 nitrogen and oxygen atoms in total. The highest BCUT2D eigenvalue weighted by molar-refractivity contribution is 7.16. The first-order chi connectivity index (χ1) is 10.3. The average Bonchev–Trinajstić information content (AvgIpc) is 3.15. The van der Waals surface area contributed by atoms with Crippen LogP contribution in [0.4, 0.5) is 5.13 Å². The number of thiazole rings is 1. The monoisotopic (exact) mass is 315 g/mol. The molecule has 1 N–H and O–H groups in total. The lowest BCUT2D eigenvalue weighted by Gasteiger charge is -2.09. The van der Waals surface area contributed by atoms with E-state index in [-0.39, 0.29) is 5.15 Å². The maximum Gasteiger partial charge on any atom is 0.185 e. The first-order valence-electron chi connectivity index (χ1n) is 6.16. The molecule has 0 aliphatic rings. The van der Waals surface area contributed by atoms with Crippen molar-refractivity contribution in [3.05, 3.63) is 58.3 Å². The molecule has 0 saturated heterocycles. The van der Waals surface area contributed by atoms with Gasteiger partial charge in [-0.05, 0) is 17.7 Å². The number of nitrogens with zero attached hydrogens (tertiary/aromatic N) is 4. The van der Waals surface area contributed by atoms with Gasteiger partial charge in [-0.1, -0.05) is 41.1 Å². The van der Waals surface area contributed by atoms with Crippen LogP contribution in [0.3, 0.4) is 0 Å². The summed E-state index contributed by atoms with van der Waals surface area (Å²) >= 11 is 7.11. The highest BCUT2D eigenvalue weighted by Gasteiger charge is 2.09. The minimum Gasteiger partial charge on any atom is -0.357 e. The van der Waals surface area contributed by atoms with Crippen molar-refractivity contribution in [2.45, 2.75) is 6.54 Å². The summed E-state index contributed by atoms with van der Waals surface area (Å²) < 4.78 is 1.81. The number of anilines is 1. The first kappa shape index (κ1) is 13.6. The second kappa shape index (κ2) is 5.95. The molecule has 0 unspecified atom stereocenters. The van der Waals surface area contributed by atoms with E-state index in [9.17, 15) is 0 Å². The lowest BCUT2D eigenvalue weighted by atomic mass is 10.2. The Morgan fingerprint density at radius 2 is 2.19 bits per heavy atom. The smallest absolute Gasteiger partial charge is 0.185 e. The highest BCUT2D eigenvalue weighted by Crippen LogP contribution is 2.26. The lowest BCUT2D eigenvalue weighted by Crippen LogP contribution is -2.05. The van der Waals surface area contributed by atoms with E-state index < -0.39 is 0 Å². The largest absolute Gasteiger partial charge is 0.357 e. The van der Waals surface area contributed by atoms with Crippen LogP contribution in [0.1, 0.15) is 10.4 Å². The summed E-state index contributed by atoms with van der Waals surface area (Å²) in [5.74, 6) is 0. The van der Waals surface area contributed by atoms with Crippen molar-refractivity contribution in [2.24, 2.45) is 0 Å². The van der Waals surface area contributed by atoms with Gasteiger partial charge in [0.25, 0.3) is 0 Å². The zero-order valence-corrected chi connectivity index (χ0v) is 12.4. The van der Waals surface area contributed by atoms with Crippen LogP contribution in [0.25, 0.3) is 5.69 Å². The molecule has 2 heterocycles. The van der Waals surface area contributed by atoms with Crippen LogP contribution in [0.15, 0.2) is 42.7 Å². The maximum absolute atomic E-state index is 8.88. The SMILES string of the molecule is N#Cc1sc(NCc2ccccc2-n2cccn2)nc1Cl. The van der Waals surface area contributed by atoms with E-state index in [0.29, 0.717) is 16.6 Å². The molecule has 0 radical (unpaired) electrons. The van der Waals surface area contributed by atoms with E-state index in [2.05, 4.69) is 15.4 Å². The number of rotatable bonds is 4. The Balaban J connectivity index is 1.81. The van der Waals surface area contributed by atoms with Crippen molar-refractivity contribution in [3.8, 4) is 11.8 Å². The van der Waals surface area contributed by atoms with Gasteiger partial charge < -0.3 is 5.32 Å². The normalized spacial score (nSPS) is 10.3. The van der Waals surface area contributed by atoms with Crippen molar-refractivity contribution in [3.63, 3.8) is 0 Å². The van der Waals surface area contributed by atoms with Crippen molar-refractivity contribution in [2.75, 3.05) is 5.32 Å². The van der Waals surface area contributed by atoms with E-state index in [4.69, 9.17) is 16.9 Å². The van der Waals surface area contributed by atoms with Gasteiger partial charge in [0, 0.05) is 18.9 Å². The molecule has 0 aliphatic carbocycles. The maximum atomic E-state index is 8.88. The van der Waals surface area contributed by atoms with Gasteiger partial charge in [-0.2, -0.15) is 10.4 Å². The molecular weight excluding hydrogens is 306 g/mol. The van der Waals surface area contributed by atoms with Crippen LogP contribution in [0, 0.1) is 11.3 Å². The third-order valence-electron chi connectivity index (χ3n) is 2.86. The third kappa shape index (κ3) is 2.89. The lowest BCUT2D eigenvalue weighted by molar-refractivity contribution is 0.864. The van der Waals surface area contributed by atoms with Crippen LogP contribution in [-0.2, 0) is 6.54 Å². The number of hydrogen-bond acceptors (Lipinski definition) is 5. The average molecular weight is 316 g/mol. The van der Waals surface area contributed by atoms with Gasteiger partial charge in [0.05, 0.1) is 5.69 Å². The molecule has 0 atom stereocenters. The van der Waals surface area contributed by atoms with Gasteiger partial charge >= 0.3 is 0 Å². The van der Waals surface area contributed by atoms with Crippen LogP contribution in [-0.4, -0.2) is 14.8 Å². The van der Waals surface area contributed by atoms with Crippen molar-refractivity contribution < 1.29 is 0 Å². The highest BCUT2D eigenvalue weighted by atomic mass is 35.5. The summed E-state index contributed by atoms with van der Waals surface area (Å²) in [4.78, 5) is 4.53. The summed E-state index contributed by atoms with van der Waals surface area (Å²) in [6.07, 6.45) is 3.64. The Bertz CT molecular complexity index is 788. The molecule has 0 amide bonds. The quantitative estimate of drug-likeness (QED) is 0.800. The standard InChI is InChI=1S/C14H10ClN5S/c15-13-12(8-16)21-14(19-13)17-9-10-4-1-2-5-11(10)20-7-3-6-18-20/h1-7H,9H2,(H,17,19). The Labute approximate surface area is 130 Å². The Hall–Kier alpha value is -2.36.